The average molecular weight is 577 g/mol. The Balaban J connectivity index is 1.58. The highest BCUT2D eigenvalue weighted by Gasteiger charge is 2.34. The second-order valence-electron chi connectivity index (χ2n) is 9.50. The lowest BCUT2D eigenvalue weighted by Gasteiger charge is -2.25. The molecule has 1 aliphatic heterocycles. The number of esters is 1. The Kier molecular flexibility index (Phi) is 7.77. The van der Waals surface area contributed by atoms with Crippen LogP contribution >= 0.6 is 23.1 Å². The number of methoxy groups -OCH3 is 1. The number of hydrogen-bond donors (Lipinski definition) is 0. The maximum atomic E-state index is 13.8. The van der Waals surface area contributed by atoms with E-state index >= 15 is 0 Å². The third-order valence-corrected chi connectivity index (χ3v) is 7.79. The molecule has 1 aliphatic rings. The molecule has 206 valence electrons. The van der Waals surface area contributed by atoms with Crippen LogP contribution in [0.25, 0.3) is 6.08 Å². The highest BCUT2D eigenvalue weighted by atomic mass is 32.2. The molecule has 9 nitrogen and oxygen atoms in total. The highest BCUT2D eigenvalue weighted by molar-refractivity contribution is 7.99. The average Bonchev–Trinajstić information content (AvgIpc) is 3.45. The molecule has 0 amide bonds. The Bertz CT molecular complexity index is 1800. The predicted molar refractivity (Wildman–Crippen MR) is 152 cm³/mol. The van der Waals surface area contributed by atoms with Crippen molar-refractivity contribution in [3.8, 4) is 5.75 Å². The van der Waals surface area contributed by atoms with E-state index in [-0.39, 0.29) is 11.7 Å². The molecule has 0 aliphatic carbocycles. The SMILES string of the molecule is COc1cccc([C@@H]2C(C(=O)OC(C)C)=C(C)N=c3s/c(=C\c4ccc(Sc5nc(C)cc(C)n5)o4)c(=O)n32)c1. The van der Waals surface area contributed by atoms with E-state index in [1.165, 1.54) is 27.7 Å². The van der Waals surface area contributed by atoms with Crippen molar-refractivity contribution in [2.75, 3.05) is 7.11 Å². The molecule has 11 heteroatoms. The first-order chi connectivity index (χ1) is 19.1. The van der Waals surface area contributed by atoms with Crippen LogP contribution in [0.1, 0.15) is 49.5 Å². The number of furan rings is 1. The zero-order valence-corrected chi connectivity index (χ0v) is 24.6. The molecule has 3 aromatic heterocycles. The van der Waals surface area contributed by atoms with Gasteiger partial charge in [-0.2, -0.15) is 0 Å². The minimum atomic E-state index is -0.732. The van der Waals surface area contributed by atoms with E-state index in [9.17, 15) is 9.59 Å². The molecule has 1 aromatic carbocycles. The fraction of sp³-hybridized carbons (Fsp3) is 0.276. The first-order valence-corrected chi connectivity index (χ1v) is 14.2. The zero-order chi connectivity index (χ0) is 28.6. The molecule has 0 fully saturated rings. The van der Waals surface area contributed by atoms with Crippen LogP contribution < -0.4 is 19.6 Å². The first kappa shape index (κ1) is 27.6. The van der Waals surface area contributed by atoms with E-state index in [4.69, 9.17) is 13.9 Å². The normalized spacial score (nSPS) is 15.3. The van der Waals surface area contributed by atoms with Gasteiger partial charge in [-0.05, 0) is 82.3 Å². The predicted octanol–water partition coefficient (Wildman–Crippen LogP) is 4.35. The number of aryl methyl sites for hydroxylation is 2. The monoisotopic (exact) mass is 576 g/mol. The van der Waals surface area contributed by atoms with E-state index in [2.05, 4.69) is 15.0 Å². The van der Waals surface area contributed by atoms with Crippen molar-refractivity contribution in [3.63, 3.8) is 0 Å². The van der Waals surface area contributed by atoms with Gasteiger partial charge in [0.1, 0.15) is 11.5 Å². The molecule has 4 heterocycles. The van der Waals surface area contributed by atoms with Gasteiger partial charge in [-0.1, -0.05) is 23.5 Å². The molecule has 0 spiro atoms. The van der Waals surface area contributed by atoms with E-state index in [1.54, 1.807) is 40.0 Å². The minimum Gasteiger partial charge on any atom is -0.497 e. The Morgan fingerprint density at radius 2 is 1.88 bits per heavy atom. The highest BCUT2D eigenvalue weighted by Crippen LogP contribution is 2.32. The van der Waals surface area contributed by atoms with E-state index in [1.807, 2.05) is 50.2 Å². The molecule has 0 radical (unpaired) electrons. The number of aromatic nitrogens is 3. The van der Waals surface area contributed by atoms with Gasteiger partial charge >= 0.3 is 5.97 Å². The maximum absolute atomic E-state index is 13.8. The van der Waals surface area contributed by atoms with Crippen molar-refractivity contribution in [2.24, 2.45) is 4.99 Å². The van der Waals surface area contributed by atoms with Gasteiger partial charge in [0.05, 0.1) is 35.1 Å². The summed E-state index contributed by atoms with van der Waals surface area (Å²) in [5, 5.41) is 1.19. The van der Waals surface area contributed by atoms with Crippen molar-refractivity contribution in [2.45, 2.75) is 57.0 Å². The number of carbonyl (C=O) groups is 1. The molecule has 5 rings (SSSR count). The summed E-state index contributed by atoms with van der Waals surface area (Å²) in [5.41, 5.74) is 2.98. The van der Waals surface area contributed by atoms with Crippen molar-refractivity contribution >= 4 is 35.1 Å². The number of ether oxygens (including phenoxy) is 2. The molecule has 1 atom stereocenters. The van der Waals surface area contributed by atoms with Gasteiger partial charge in [-0.25, -0.2) is 19.8 Å². The lowest BCUT2D eigenvalue weighted by molar-refractivity contribution is -0.143. The van der Waals surface area contributed by atoms with E-state index in [0.29, 0.717) is 47.9 Å². The maximum Gasteiger partial charge on any atom is 0.338 e. The van der Waals surface area contributed by atoms with Gasteiger partial charge in [0.25, 0.3) is 5.56 Å². The van der Waals surface area contributed by atoms with Gasteiger partial charge in [-0.15, -0.1) is 0 Å². The van der Waals surface area contributed by atoms with Gasteiger partial charge in [0, 0.05) is 17.5 Å². The number of fused-ring (bicyclic) bond motifs is 1. The van der Waals surface area contributed by atoms with Crippen molar-refractivity contribution in [1.82, 2.24) is 14.5 Å². The van der Waals surface area contributed by atoms with E-state index in [0.717, 1.165) is 11.4 Å². The molecular formula is C29H28N4O5S2. The number of hydrogen-bond acceptors (Lipinski definition) is 10. The molecule has 0 bridgehead atoms. The van der Waals surface area contributed by atoms with Crippen molar-refractivity contribution < 1.29 is 18.7 Å². The fourth-order valence-electron chi connectivity index (χ4n) is 4.41. The van der Waals surface area contributed by atoms with Crippen LogP contribution in [-0.2, 0) is 9.53 Å². The number of rotatable bonds is 7. The first-order valence-electron chi connectivity index (χ1n) is 12.6. The van der Waals surface area contributed by atoms with Crippen molar-refractivity contribution in [1.29, 1.82) is 0 Å². The summed E-state index contributed by atoms with van der Waals surface area (Å²) in [5.74, 6) is 0.601. The van der Waals surface area contributed by atoms with Crippen LogP contribution in [0, 0.1) is 13.8 Å². The Labute approximate surface area is 238 Å². The minimum absolute atomic E-state index is 0.290. The third kappa shape index (κ3) is 5.66. The number of allylic oxidation sites excluding steroid dienone is 1. The second-order valence-corrected chi connectivity index (χ2v) is 11.5. The largest absolute Gasteiger partial charge is 0.497 e. The van der Waals surface area contributed by atoms with Crippen LogP contribution in [0.5, 0.6) is 5.75 Å². The molecule has 0 saturated heterocycles. The van der Waals surface area contributed by atoms with Gasteiger partial charge in [-0.3, -0.25) is 9.36 Å². The van der Waals surface area contributed by atoms with Gasteiger partial charge in [0.15, 0.2) is 15.1 Å². The van der Waals surface area contributed by atoms with Crippen LogP contribution in [0.15, 0.2) is 78.2 Å². The molecule has 4 aromatic rings. The summed E-state index contributed by atoms with van der Waals surface area (Å²) >= 11 is 2.54. The number of carbonyl (C=O) groups excluding carboxylic acids is 1. The Hall–Kier alpha value is -3.96. The molecule has 0 unspecified atom stereocenters. The standard InChI is InChI=1S/C29H28N4O5S2/c1-15(2)37-27(35)24-18(5)32-29-33(25(24)19-8-7-9-20(13-19)36-6)26(34)22(39-29)14-21-10-11-23(38-21)40-28-30-16(3)12-17(4)31-28/h7-15,25H,1-6H3/b22-14-/t25-/m1/s1. The summed E-state index contributed by atoms with van der Waals surface area (Å²) in [4.78, 5) is 41.1. The summed E-state index contributed by atoms with van der Waals surface area (Å²) in [6, 6.07) is 12.1. The lowest BCUT2D eigenvalue weighted by atomic mass is 9.95. The zero-order valence-electron chi connectivity index (χ0n) is 22.9. The lowest BCUT2D eigenvalue weighted by Crippen LogP contribution is -2.40. The molecule has 0 saturated carbocycles. The molecular weight excluding hydrogens is 548 g/mol. The molecule has 0 N–H and O–H groups in total. The third-order valence-electron chi connectivity index (χ3n) is 6.02. The van der Waals surface area contributed by atoms with Gasteiger partial charge in [0.2, 0.25) is 0 Å². The Morgan fingerprint density at radius 3 is 2.58 bits per heavy atom. The summed E-state index contributed by atoms with van der Waals surface area (Å²) < 4.78 is 18.9. The number of benzene rings is 1. The van der Waals surface area contributed by atoms with Crippen LogP contribution in [0.4, 0.5) is 0 Å². The molecule has 40 heavy (non-hydrogen) atoms. The topological polar surface area (TPSA) is 109 Å². The van der Waals surface area contributed by atoms with Gasteiger partial charge < -0.3 is 13.9 Å². The Morgan fingerprint density at radius 1 is 1.12 bits per heavy atom. The summed E-state index contributed by atoms with van der Waals surface area (Å²) in [6.45, 7) is 9.16. The van der Waals surface area contributed by atoms with Crippen molar-refractivity contribution in [3.05, 3.63) is 96.1 Å². The summed E-state index contributed by atoms with van der Waals surface area (Å²) in [7, 11) is 1.57. The van der Waals surface area contributed by atoms with E-state index < -0.39 is 12.0 Å². The van der Waals surface area contributed by atoms with Crippen LogP contribution in [0.2, 0.25) is 0 Å². The number of nitrogens with zero attached hydrogens (tertiary/aromatic N) is 4. The summed E-state index contributed by atoms with van der Waals surface area (Å²) in [6.07, 6.45) is 1.35. The smallest absolute Gasteiger partial charge is 0.338 e. The van der Waals surface area contributed by atoms with Crippen LogP contribution in [-0.4, -0.2) is 33.7 Å². The number of thiazole rings is 1. The fourth-order valence-corrected chi connectivity index (χ4v) is 6.27. The quantitative estimate of drug-likeness (QED) is 0.236. The second kappa shape index (κ2) is 11.3. The van der Waals surface area contributed by atoms with Crippen LogP contribution in [0.3, 0.4) is 0 Å².